The number of halogens is 1. The minimum Gasteiger partial charge on any atom is -0.340 e. The Bertz CT molecular complexity index is 755. The highest BCUT2D eigenvalue weighted by Crippen LogP contribution is 2.29. The summed E-state index contributed by atoms with van der Waals surface area (Å²) in [7, 11) is 0. The average Bonchev–Trinajstić information content (AvgIpc) is 3.17. The van der Waals surface area contributed by atoms with E-state index in [1.165, 1.54) is 12.1 Å². The molecule has 0 N–H and O–H groups in total. The molecule has 0 saturated carbocycles. The molecule has 2 aliphatic rings. The van der Waals surface area contributed by atoms with Crippen LogP contribution < -0.4 is 0 Å². The summed E-state index contributed by atoms with van der Waals surface area (Å²) in [5, 5.41) is 3.81. The lowest BCUT2D eigenvalue weighted by molar-refractivity contribution is -0.141. The van der Waals surface area contributed by atoms with Crippen LogP contribution >= 0.6 is 0 Å². The van der Waals surface area contributed by atoms with Crippen LogP contribution in [0, 0.1) is 12.7 Å². The van der Waals surface area contributed by atoms with Gasteiger partial charge in [0.2, 0.25) is 11.8 Å². The van der Waals surface area contributed by atoms with E-state index in [1.54, 1.807) is 19.1 Å². The first kappa shape index (κ1) is 16.2. The van der Waals surface area contributed by atoms with Crippen molar-refractivity contribution in [1.29, 1.82) is 0 Å². The summed E-state index contributed by atoms with van der Waals surface area (Å²) < 4.78 is 18.2. The van der Waals surface area contributed by atoms with E-state index in [-0.39, 0.29) is 23.7 Å². The van der Waals surface area contributed by atoms with Crippen LogP contribution in [0.4, 0.5) is 4.39 Å². The zero-order chi connectivity index (χ0) is 17.4. The number of nitrogens with zero attached hydrogens (tertiary/aromatic N) is 4. The van der Waals surface area contributed by atoms with Gasteiger partial charge in [0.05, 0.1) is 12.0 Å². The van der Waals surface area contributed by atoms with Crippen molar-refractivity contribution in [2.75, 3.05) is 19.6 Å². The van der Waals surface area contributed by atoms with Crippen molar-refractivity contribution in [3.8, 4) is 0 Å². The lowest BCUT2D eigenvalue weighted by atomic mass is 9.98. The Morgan fingerprint density at radius 3 is 2.76 bits per heavy atom. The fraction of sp³-hybridized carbons (Fsp3) is 0.500. The SMILES string of the molecule is Cc1noc(C2CN(C(=O)[C@H]3CCCN3Cc3ccc(F)cc3)C2)n1. The number of hydrogen-bond donors (Lipinski definition) is 0. The summed E-state index contributed by atoms with van der Waals surface area (Å²) in [5.41, 5.74) is 1.03. The Kier molecular flexibility index (Phi) is 4.25. The molecule has 1 amide bonds. The predicted octanol–water partition coefficient (Wildman–Crippen LogP) is 2.11. The molecule has 2 aromatic rings. The van der Waals surface area contributed by atoms with Crippen molar-refractivity contribution in [1.82, 2.24) is 19.9 Å². The topological polar surface area (TPSA) is 62.5 Å². The highest BCUT2D eigenvalue weighted by molar-refractivity contribution is 5.83. The predicted molar refractivity (Wildman–Crippen MR) is 88.2 cm³/mol. The second-order valence-electron chi connectivity index (χ2n) is 6.87. The van der Waals surface area contributed by atoms with Crippen LogP contribution in [0.2, 0.25) is 0 Å². The van der Waals surface area contributed by atoms with Gasteiger partial charge in [-0.15, -0.1) is 0 Å². The maximum absolute atomic E-state index is 13.1. The standard InChI is InChI=1S/C18H21FN4O2/c1-12-20-17(25-21-12)14-10-23(11-14)18(24)16-3-2-8-22(16)9-13-4-6-15(19)7-5-13/h4-7,14,16H,2-3,8-11H2,1H3/t16-/m1/s1. The molecule has 1 atom stereocenters. The van der Waals surface area contributed by atoms with Gasteiger partial charge in [-0.25, -0.2) is 4.39 Å². The van der Waals surface area contributed by atoms with Crippen molar-refractivity contribution in [3.63, 3.8) is 0 Å². The third kappa shape index (κ3) is 3.28. The first-order valence-corrected chi connectivity index (χ1v) is 8.67. The smallest absolute Gasteiger partial charge is 0.239 e. The zero-order valence-electron chi connectivity index (χ0n) is 14.2. The lowest BCUT2D eigenvalue weighted by Gasteiger charge is -2.40. The highest BCUT2D eigenvalue weighted by atomic mass is 19.1. The van der Waals surface area contributed by atoms with Gasteiger partial charge in [-0.05, 0) is 44.0 Å². The quantitative estimate of drug-likeness (QED) is 0.850. The molecule has 132 valence electrons. The van der Waals surface area contributed by atoms with E-state index >= 15 is 0 Å². The van der Waals surface area contributed by atoms with Crippen LogP contribution in [0.25, 0.3) is 0 Å². The number of carbonyl (C=O) groups is 1. The Morgan fingerprint density at radius 2 is 2.08 bits per heavy atom. The maximum Gasteiger partial charge on any atom is 0.239 e. The van der Waals surface area contributed by atoms with Gasteiger partial charge >= 0.3 is 0 Å². The number of benzene rings is 1. The number of likely N-dealkylation sites (tertiary alicyclic amines) is 2. The number of hydrogen-bond acceptors (Lipinski definition) is 5. The van der Waals surface area contributed by atoms with Crippen LogP contribution in [0.5, 0.6) is 0 Å². The van der Waals surface area contributed by atoms with Crippen molar-refractivity contribution >= 4 is 5.91 Å². The number of rotatable bonds is 4. The van der Waals surface area contributed by atoms with Gasteiger partial charge in [-0.2, -0.15) is 4.98 Å². The second kappa shape index (κ2) is 6.55. The molecule has 0 spiro atoms. The maximum atomic E-state index is 13.1. The zero-order valence-corrected chi connectivity index (χ0v) is 14.2. The molecule has 2 aliphatic heterocycles. The third-order valence-electron chi connectivity index (χ3n) is 5.03. The first-order valence-electron chi connectivity index (χ1n) is 8.67. The molecule has 1 aromatic carbocycles. The van der Waals surface area contributed by atoms with Crippen LogP contribution in [0.15, 0.2) is 28.8 Å². The van der Waals surface area contributed by atoms with E-state index in [4.69, 9.17) is 4.52 Å². The van der Waals surface area contributed by atoms with Crippen molar-refractivity contribution in [2.24, 2.45) is 0 Å². The summed E-state index contributed by atoms with van der Waals surface area (Å²) in [6, 6.07) is 6.42. The number of carbonyl (C=O) groups excluding carboxylic acids is 1. The molecule has 4 rings (SSSR count). The molecule has 0 unspecified atom stereocenters. The van der Waals surface area contributed by atoms with E-state index in [9.17, 15) is 9.18 Å². The fourth-order valence-corrected chi connectivity index (χ4v) is 3.62. The molecule has 0 bridgehead atoms. The van der Waals surface area contributed by atoms with E-state index in [1.807, 2.05) is 4.90 Å². The van der Waals surface area contributed by atoms with Crippen molar-refractivity contribution in [2.45, 2.75) is 38.3 Å². The third-order valence-corrected chi connectivity index (χ3v) is 5.03. The monoisotopic (exact) mass is 344 g/mol. The Morgan fingerprint density at radius 1 is 1.32 bits per heavy atom. The molecule has 7 heteroatoms. The Hall–Kier alpha value is -2.28. The largest absolute Gasteiger partial charge is 0.340 e. The summed E-state index contributed by atoms with van der Waals surface area (Å²) in [6.07, 6.45) is 1.89. The highest BCUT2D eigenvalue weighted by Gasteiger charge is 2.41. The Balaban J connectivity index is 1.36. The van der Waals surface area contributed by atoms with Gasteiger partial charge in [0, 0.05) is 19.6 Å². The van der Waals surface area contributed by atoms with E-state index in [0.717, 1.165) is 24.9 Å². The van der Waals surface area contributed by atoms with Gasteiger partial charge in [-0.1, -0.05) is 17.3 Å². The van der Waals surface area contributed by atoms with Crippen molar-refractivity contribution < 1.29 is 13.7 Å². The lowest BCUT2D eigenvalue weighted by Crippen LogP contribution is -2.54. The van der Waals surface area contributed by atoms with Gasteiger partial charge in [-0.3, -0.25) is 9.69 Å². The number of amides is 1. The Labute approximate surface area is 145 Å². The summed E-state index contributed by atoms with van der Waals surface area (Å²) in [4.78, 5) is 21.1. The first-order chi connectivity index (χ1) is 12.1. The molecule has 1 aromatic heterocycles. The summed E-state index contributed by atoms with van der Waals surface area (Å²) in [5.74, 6) is 1.34. The van der Waals surface area contributed by atoms with E-state index < -0.39 is 0 Å². The summed E-state index contributed by atoms with van der Waals surface area (Å²) in [6.45, 7) is 4.65. The van der Waals surface area contributed by atoms with Crippen LogP contribution in [-0.4, -0.2) is 51.5 Å². The molecule has 2 fully saturated rings. The minimum absolute atomic E-state index is 0.0876. The van der Waals surface area contributed by atoms with E-state index in [0.29, 0.717) is 31.3 Å². The normalized spacial score (nSPS) is 21.5. The van der Waals surface area contributed by atoms with Crippen LogP contribution in [0.3, 0.4) is 0 Å². The summed E-state index contributed by atoms with van der Waals surface area (Å²) >= 11 is 0. The molecule has 0 aliphatic carbocycles. The van der Waals surface area contributed by atoms with Crippen LogP contribution in [0.1, 0.15) is 36.0 Å². The molecule has 3 heterocycles. The van der Waals surface area contributed by atoms with Gasteiger partial charge in [0.1, 0.15) is 5.82 Å². The van der Waals surface area contributed by atoms with Gasteiger partial charge < -0.3 is 9.42 Å². The second-order valence-corrected chi connectivity index (χ2v) is 6.87. The van der Waals surface area contributed by atoms with Gasteiger partial charge in [0.25, 0.3) is 0 Å². The average molecular weight is 344 g/mol. The van der Waals surface area contributed by atoms with Crippen molar-refractivity contribution in [3.05, 3.63) is 47.4 Å². The van der Waals surface area contributed by atoms with Gasteiger partial charge in [0.15, 0.2) is 5.82 Å². The molecule has 0 radical (unpaired) electrons. The van der Waals surface area contributed by atoms with Crippen LogP contribution in [-0.2, 0) is 11.3 Å². The molecule has 6 nitrogen and oxygen atoms in total. The molecular weight excluding hydrogens is 323 g/mol. The minimum atomic E-state index is -0.235. The molecule has 2 saturated heterocycles. The molecule has 25 heavy (non-hydrogen) atoms. The number of aryl methyl sites for hydroxylation is 1. The van der Waals surface area contributed by atoms with E-state index in [2.05, 4.69) is 15.0 Å². The molecular formula is C18H21FN4O2. The number of aromatic nitrogens is 2. The fourth-order valence-electron chi connectivity index (χ4n) is 3.62.